The van der Waals surface area contributed by atoms with Crippen molar-refractivity contribution in [1.82, 2.24) is 0 Å². The monoisotopic (exact) mass is 470 g/mol. The Morgan fingerprint density at radius 2 is 1.42 bits per heavy atom. The fourth-order valence-corrected chi connectivity index (χ4v) is 5.51. The van der Waals surface area contributed by atoms with Crippen molar-refractivity contribution in [2.45, 2.75) is 32.4 Å². The van der Waals surface area contributed by atoms with Crippen molar-refractivity contribution in [2.24, 2.45) is 0 Å². The molecule has 164 valence electrons. The van der Waals surface area contributed by atoms with Gasteiger partial charge in [0.05, 0.1) is 6.42 Å². The van der Waals surface area contributed by atoms with Gasteiger partial charge in [-0.15, -0.1) is 0 Å². The van der Waals surface area contributed by atoms with E-state index < -0.39 is 5.97 Å². The van der Waals surface area contributed by atoms with Crippen LogP contribution in [0, 0.1) is 0 Å². The lowest BCUT2D eigenvalue weighted by Gasteiger charge is -2.06. The van der Waals surface area contributed by atoms with Gasteiger partial charge < -0.3 is 5.11 Å². The molecule has 3 nitrogen and oxygen atoms in total. The van der Waals surface area contributed by atoms with E-state index in [0.717, 1.165) is 31.4 Å². The normalized spacial score (nSPS) is 11.9. The summed E-state index contributed by atoms with van der Waals surface area (Å²) in [4.78, 5) is 27.2. The molecule has 1 aliphatic rings. The quantitative estimate of drug-likeness (QED) is 0.347. The molecule has 0 saturated carbocycles. The number of rotatable bonds is 4. The van der Waals surface area contributed by atoms with Gasteiger partial charge in [-0.2, -0.15) is 0 Å². The summed E-state index contributed by atoms with van der Waals surface area (Å²) < 4.78 is 0. The van der Waals surface area contributed by atoms with Gasteiger partial charge >= 0.3 is 5.97 Å². The summed E-state index contributed by atoms with van der Waals surface area (Å²) in [5, 5.41) is 8.85. The predicted octanol–water partition coefficient (Wildman–Crippen LogP) is 7.04. The fourth-order valence-electron chi connectivity index (χ4n) is 3.45. The van der Waals surface area contributed by atoms with Crippen molar-refractivity contribution in [3.63, 3.8) is 0 Å². The third-order valence-electron chi connectivity index (χ3n) is 5.02. The van der Waals surface area contributed by atoms with E-state index in [1.807, 2.05) is 97.1 Å². The summed E-state index contributed by atoms with van der Waals surface area (Å²) in [6.07, 6.45) is 0.580. The Kier molecular flexibility index (Phi) is 7.66. The van der Waals surface area contributed by atoms with E-state index in [4.69, 9.17) is 5.11 Å². The van der Waals surface area contributed by atoms with Gasteiger partial charge in [-0.05, 0) is 41.5 Å². The predicted molar refractivity (Wildman–Crippen MR) is 133 cm³/mol. The molecule has 0 atom stereocenters. The number of carbonyl (C=O) groups is 2. The molecule has 0 unspecified atom stereocenters. The minimum atomic E-state index is -0.800. The zero-order chi connectivity index (χ0) is 23.0. The minimum Gasteiger partial charge on any atom is -0.481 e. The number of aliphatic carboxylic acids is 1. The molecule has 0 aliphatic carbocycles. The van der Waals surface area contributed by atoms with Crippen LogP contribution in [0.4, 0.5) is 0 Å². The first-order valence-corrected chi connectivity index (χ1v) is 12.1. The van der Waals surface area contributed by atoms with Crippen LogP contribution >= 0.6 is 23.5 Å². The molecule has 0 saturated heterocycles. The Bertz CT molecular complexity index is 1270. The van der Waals surface area contributed by atoms with Gasteiger partial charge in [0.1, 0.15) is 0 Å². The van der Waals surface area contributed by atoms with E-state index in [1.54, 1.807) is 23.5 Å². The Morgan fingerprint density at radius 3 is 2.21 bits per heavy atom. The number of fused-ring (bicyclic) bond motifs is 2. The number of carboxylic acid groups (broad SMARTS) is 1. The van der Waals surface area contributed by atoms with Crippen molar-refractivity contribution in [2.75, 3.05) is 0 Å². The highest BCUT2D eigenvalue weighted by Gasteiger charge is 2.19. The number of Topliss-reactive ketones (excluding diaryl/α,β-unsaturated/α-hetero) is 1. The summed E-state index contributed by atoms with van der Waals surface area (Å²) in [6, 6.07) is 33.5. The molecular weight excluding hydrogens is 448 g/mol. The van der Waals surface area contributed by atoms with E-state index in [2.05, 4.69) is 6.07 Å². The van der Waals surface area contributed by atoms with Gasteiger partial charge in [-0.25, -0.2) is 0 Å². The second-order valence-electron chi connectivity index (χ2n) is 7.40. The second-order valence-corrected chi connectivity index (χ2v) is 9.60. The molecule has 0 bridgehead atoms. The SMILES string of the molecule is O=C(O)Cc1ccccc1Sc1ccccc1.O=C1Cc2ccccc2Sc2ccccc21. The van der Waals surface area contributed by atoms with Crippen molar-refractivity contribution >= 4 is 35.3 Å². The highest BCUT2D eigenvalue weighted by atomic mass is 32.2. The third-order valence-corrected chi connectivity index (χ3v) is 7.34. The fraction of sp³-hybridized carbons (Fsp3) is 0.0714. The van der Waals surface area contributed by atoms with Gasteiger partial charge in [0.2, 0.25) is 0 Å². The van der Waals surface area contributed by atoms with Crippen molar-refractivity contribution < 1.29 is 14.7 Å². The van der Waals surface area contributed by atoms with Gasteiger partial charge in [-0.1, -0.05) is 96.3 Å². The van der Waals surface area contributed by atoms with Gasteiger partial charge in [0, 0.05) is 31.6 Å². The molecule has 4 aromatic rings. The van der Waals surface area contributed by atoms with Crippen LogP contribution < -0.4 is 0 Å². The maximum Gasteiger partial charge on any atom is 0.307 e. The van der Waals surface area contributed by atoms with Crippen LogP contribution in [0.5, 0.6) is 0 Å². The first-order valence-electron chi connectivity index (χ1n) is 10.5. The molecule has 4 aromatic carbocycles. The number of hydrogen-bond donors (Lipinski definition) is 1. The molecule has 1 heterocycles. The molecule has 0 fully saturated rings. The Balaban J connectivity index is 0.000000157. The molecule has 0 aromatic heterocycles. The van der Waals surface area contributed by atoms with Crippen LogP contribution in [-0.2, 0) is 17.6 Å². The third kappa shape index (κ3) is 6.15. The lowest BCUT2D eigenvalue weighted by Crippen LogP contribution is -2.02. The number of carboxylic acids is 1. The largest absolute Gasteiger partial charge is 0.481 e. The summed E-state index contributed by atoms with van der Waals surface area (Å²) in [5.41, 5.74) is 2.84. The number of hydrogen-bond acceptors (Lipinski definition) is 4. The molecule has 5 heteroatoms. The van der Waals surface area contributed by atoms with Crippen LogP contribution in [0.1, 0.15) is 21.5 Å². The second kappa shape index (κ2) is 11.0. The Hall–Kier alpha value is -3.28. The smallest absolute Gasteiger partial charge is 0.307 e. The first-order chi connectivity index (χ1) is 16.1. The minimum absolute atomic E-state index is 0.0655. The topological polar surface area (TPSA) is 54.4 Å². The highest BCUT2D eigenvalue weighted by molar-refractivity contribution is 7.99. The van der Waals surface area contributed by atoms with Crippen molar-refractivity contribution in [3.8, 4) is 0 Å². The molecule has 5 rings (SSSR count). The molecule has 1 N–H and O–H groups in total. The first kappa shape index (κ1) is 22.9. The summed E-state index contributed by atoms with van der Waals surface area (Å²) in [7, 11) is 0. The molecule has 0 amide bonds. The lowest BCUT2D eigenvalue weighted by atomic mass is 10.0. The molecule has 0 spiro atoms. The average molecular weight is 471 g/mol. The van der Waals surface area contributed by atoms with E-state index >= 15 is 0 Å². The average Bonchev–Trinajstić information content (AvgIpc) is 2.97. The zero-order valence-electron chi connectivity index (χ0n) is 17.8. The van der Waals surface area contributed by atoms with Crippen LogP contribution in [0.15, 0.2) is 123 Å². The summed E-state index contributed by atoms with van der Waals surface area (Å²) >= 11 is 3.28. The number of benzene rings is 4. The summed E-state index contributed by atoms with van der Waals surface area (Å²) in [5.74, 6) is -0.584. The van der Waals surface area contributed by atoms with Crippen LogP contribution in [0.2, 0.25) is 0 Å². The van der Waals surface area contributed by atoms with E-state index in [1.165, 1.54) is 4.90 Å². The molecular formula is C28H22O3S2. The highest BCUT2D eigenvalue weighted by Crippen LogP contribution is 2.36. The van der Waals surface area contributed by atoms with Gasteiger partial charge in [-0.3, -0.25) is 9.59 Å². The maximum absolute atomic E-state index is 12.1. The molecule has 33 heavy (non-hydrogen) atoms. The Morgan fingerprint density at radius 1 is 0.788 bits per heavy atom. The standard InChI is InChI=1S/C14H12O2S.C14H10OS/c15-14(16)10-11-6-4-5-9-13(11)17-12-7-2-1-3-8-12;15-12-9-10-5-1-3-7-13(10)16-14-8-4-2-6-11(12)14/h1-9H,10H2,(H,15,16);1-8H,9H2. The van der Waals surface area contributed by atoms with Crippen LogP contribution in [0.3, 0.4) is 0 Å². The molecule has 0 radical (unpaired) electrons. The van der Waals surface area contributed by atoms with Gasteiger partial charge in [0.15, 0.2) is 5.78 Å². The van der Waals surface area contributed by atoms with E-state index in [9.17, 15) is 9.59 Å². The van der Waals surface area contributed by atoms with Gasteiger partial charge in [0.25, 0.3) is 0 Å². The zero-order valence-corrected chi connectivity index (χ0v) is 19.4. The number of carbonyl (C=O) groups excluding carboxylic acids is 1. The maximum atomic E-state index is 12.1. The van der Waals surface area contributed by atoms with Crippen molar-refractivity contribution in [1.29, 1.82) is 0 Å². The van der Waals surface area contributed by atoms with Crippen LogP contribution in [-0.4, -0.2) is 16.9 Å². The van der Waals surface area contributed by atoms with Crippen LogP contribution in [0.25, 0.3) is 0 Å². The van der Waals surface area contributed by atoms with E-state index in [-0.39, 0.29) is 12.2 Å². The summed E-state index contributed by atoms with van der Waals surface area (Å²) in [6.45, 7) is 0. The van der Waals surface area contributed by atoms with Crippen molar-refractivity contribution in [3.05, 3.63) is 120 Å². The molecule has 1 aliphatic heterocycles. The lowest BCUT2D eigenvalue weighted by molar-refractivity contribution is -0.136. The van der Waals surface area contributed by atoms with E-state index in [0.29, 0.717) is 6.42 Å². The Labute approximate surface area is 201 Å². The number of ketones is 1.